The van der Waals surface area contributed by atoms with Crippen LogP contribution in [0.2, 0.25) is 0 Å². The normalized spacial score (nSPS) is 12.0. The minimum absolute atomic E-state index is 0.0514. The molecule has 22 heavy (non-hydrogen) atoms. The average molecular weight is 313 g/mol. The molecule has 0 saturated heterocycles. The van der Waals surface area contributed by atoms with E-state index >= 15 is 0 Å². The van der Waals surface area contributed by atoms with Crippen LogP contribution in [-0.2, 0) is 10.5 Å². The van der Waals surface area contributed by atoms with Gasteiger partial charge in [-0.1, -0.05) is 59.7 Å². The van der Waals surface area contributed by atoms with Crippen molar-refractivity contribution in [3.63, 3.8) is 0 Å². The molecule has 0 unspecified atom stereocenters. The first kappa shape index (κ1) is 16.6. The molecule has 0 aliphatic rings. The van der Waals surface area contributed by atoms with E-state index in [1.807, 2.05) is 37.3 Å². The van der Waals surface area contributed by atoms with Gasteiger partial charge in [-0.05, 0) is 31.9 Å². The monoisotopic (exact) mass is 313 g/mol. The lowest BCUT2D eigenvalue weighted by Gasteiger charge is -2.14. The van der Waals surface area contributed by atoms with Crippen molar-refractivity contribution in [3.8, 4) is 0 Å². The van der Waals surface area contributed by atoms with Crippen molar-refractivity contribution in [2.75, 3.05) is 5.75 Å². The van der Waals surface area contributed by atoms with Crippen LogP contribution in [0.4, 0.5) is 0 Å². The van der Waals surface area contributed by atoms with Gasteiger partial charge in [-0.3, -0.25) is 4.79 Å². The molecule has 1 N–H and O–H groups in total. The number of aryl methyl sites for hydroxylation is 2. The Labute approximate surface area is 137 Å². The molecular formula is C19H23NOS. The maximum absolute atomic E-state index is 12.0. The summed E-state index contributed by atoms with van der Waals surface area (Å²) in [6.07, 6.45) is 0. The second-order valence-corrected chi connectivity index (χ2v) is 6.67. The number of amides is 1. The minimum Gasteiger partial charge on any atom is -0.349 e. The molecule has 2 rings (SSSR count). The predicted molar refractivity (Wildman–Crippen MR) is 95.1 cm³/mol. The van der Waals surface area contributed by atoms with E-state index in [9.17, 15) is 4.79 Å². The van der Waals surface area contributed by atoms with E-state index in [4.69, 9.17) is 0 Å². The standard InChI is InChI=1S/C19H23NOS/c1-14-9-15(2)11-17(10-14)12-22-13-19(21)20-16(3)18-7-5-4-6-8-18/h4-11,16H,12-13H2,1-3H3,(H,20,21)/t16-/m1/s1. The molecule has 0 saturated carbocycles. The summed E-state index contributed by atoms with van der Waals surface area (Å²) in [6.45, 7) is 6.23. The van der Waals surface area contributed by atoms with E-state index in [1.54, 1.807) is 11.8 Å². The van der Waals surface area contributed by atoms with Gasteiger partial charge in [0.2, 0.25) is 5.91 Å². The Morgan fingerprint density at radius 3 is 2.36 bits per heavy atom. The molecule has 0 fully saturated rings. The van der Waals surface area contributed by atoms with Gasteiger partial charge in [-0.2, -0.15) is 0 Å². The van der Waals surface area contributed by atoms with E-state index in [1.165, 1.54) is 16.7 Å². The van der Waals surface area contributed by atoms with Crippen molar-refractivity contribution in [2.24, 2.45) is 0 Å². The Balaban J connectivity index is 1.78. The molecule has 0 spiro atoms. The van der Waals surface area contributed by atoms with E-state index < -0.39 is 0 Å². The van der Waals surface area contributed by atoms with E-state index in [0.717, 1.165) is 11.3 Å². The van der Waals surface area contributed by atoms with Crippen LogP contribution in [0, 0.1) is 13.8 Å². The molecular weight excluding hydrogens is 290 g/mol. The van der Waals surface area contributed by atoms with Crippen LogP contribution in [-0.4, -0.2) is 11.7 Å². The molecule has 0 aliphatic carbocycles. The average Bonchev–Trinajstić information content (AvgIpc) is 2.47. The summed E-state index contributed by atoms with van der Waals surface area (Å²) >= 11 is 1.66. The first-order chi connectivity index (χ1) is 10.5. The van der Waals surface area contributed by atoms with Crippen molar-refractivity contribution < 1.29 is 4.79 Å². The summed E-state index contributed by atoms with van der Waals surface area (Å²) < 4.78 is 0. The highest BCUT2D eigenvalue weighted by Gasteiger charge is 2.09. The number of nitrogens with one attached hydrogen (secondary N) is 1. The van der Waals surface area contributed by atoms with Gasteiger partial charge in [0.1, 0.15) is 0 Å². The zero-order valence-corrected chi connectivity index (χ0v) is 14.2. The van der Waals surface area contributed by atoms with Gasteiger partial charge in [-0.15, -0.1) is 11.8 Å². The van der Waals surface area contributed by atoms with Gasteiger partial charge in [0.25, 0.3) is 0 Å². The van der Waals surface area contributed by atoms with E-state index in [0.29, 0.717) is 5.75 Å². The van der Waals surface area contributed by atoms with Crippen LogP contribution in [0.25, 0.3) is 0 Å². The molecule has 1 amide bonds. The lowest BCUT2D eigenvalue weighted by atomic mass is 10.1. The SMILES string of the molecule is Cc1cc(C)cc(CSCC(=O)N[C@H](C)c2ccccc2)c1. The van der Waals surface area contributed by atoms with Gasteiger partial charge < -0.3 is 5.32 Å². The molecule has 3 heteroatoms. The third-order valence-corrected chi connectivity index (χ3v) is 4.46. The maximum atomic E-state index is 12.0. The Kier molecular flexibility index (Phi) is 6.08. The molecule has 2 aromatic rings. The summed E-state index contributed by atoms with van der Waals surface area (Å²) in [7, 11) is 0. The van der Waals surface area contributed by atoms with Gasteiger partial charge in [0, 0.05) is 5.75 Å². The summed E-state index contributed by atoms with van der Waals surface area (Å²) in [5.41, 5.74) is 4.97. The number of benzene rings is 2. The van der Waals surface area contributed by atoms with Crippen molar-refractivity contribution in [2.45, 2.75) is 32.6 Å². The molecule has 0 aliphatic heterocycles. The second-order valence-electron chi connectivity index (χ2n) is 5.69. The summed E-state index contributed by atoms with van der Waals surface area (Å²) in [5.74, 6) is 1.45. The maximum Gasteiger partial charge on any atom is 0.230 e. The molecule has 1 atom stereocenters. The fraction of sp³-hybridized carbons (Fsp3) is 0.316. The van der Waals surface area contributed by atoms with Crippen molar-refractivity contribution >= 4 is 17.7 Å². The largest absolute Gasteiger partial charge is 0.349 e. The van der Waals surface area contributed by atoms with Crippen LogP contribution < -0.4 is 5.32 Å². The Hall–Kier alpha value is -1.74. The molecule has 116 valence electrons. The van der Waals surface area contributed by atoms with Crippen LogP contribution in [0.15, 0.2) is 48.5 Å². The predicted octanol–water partition coefficient (Wildman–Crippen LogP) is 4.41. The molecule has 2 nitrogen and oxygen atoms in total. The van der Waals surface area contributed by atoms with E-state index in [2.05, 4.69) is 37.4 Å². The minimum atomic E-state index is 0.0514. The fourth-order valence-electron chi connectivity index (χ4n) is 2.52. The first-order valence-electron chi connectivity index (χ1n) is 7.54. The molecule has 2 aromatic carbocycles. The Bertz CT molecular complexity index is 604. The fourth-order valence-corrected chi connectivity index (χ4v) is 3.30. The number of thioether (sulfide) groups is 1. The number of carbonyl (C=O) groups is 1. The summed E-state index contributed by atoms with van der Waals surface area (Å²) in [4.78, 5) is 12.0. The van der Waals surface area contributed by atoms with Gasteiger partial charge >= 0.3 is 0 Å². The lowest BCUT2D eigenvalue weighted by molar-refractivity contribution is -0.119. The molecule has 0 aromatic heterocycles. The topological polar surface area (TPSA) is 29.1 Å². The highest BCUT2D eigenvalue weighted by Crippen LogP contribution is 2.16. The smallest absolute Gasteiger partial charge is 0.230 e. The van der Waals surface area contributed by atoms with Crippen molar-refractivity contribution in [3.05, 3.63) is 70.8 Å². The molecule has 0 radical (unpaired) electrons. The van der Waals surface area contributed by atoms with Crippen LogP contribution in [0.1, 0.15) is 35.2 Å². The Morgan fingerprint density at radius 1 is 1.09 bits per heavy atom. The highest BCUT2D eigenvalue weighted by atomic mass is 32.2. The van der Waals surface area contributed by atoms with Gasteiger partial charge in [0.05, 0.1) is 11.8 Å². The summed E-state index contributed by atoms with van der Waals surface area (Å²) in [6, 6.07) is 16.6. The number of rotatable bonds is 6. The first-order valence-corrected chi connectivity index (χ1v) is 8.69. The van der Waals surface area contributed by atoms with Gasteiger partial charge in [0.15, 0.2) is 0 Å². The van der Waals surface area contributed by atoms with Crippen molar-refractivity contribution in [1.29, 1.82) is 0 Å². The zero-order valence-electron chi connectivity index (χ0n) is 13.4. The molecule has 0 heterocycles. The lowest BCUT2D eigenvalue weighted by Crippen LogP contribution is -2.28. The van der Waals surface area contributed by atoms with Crippen LogP contribution in [0.5, 0.6) is 0 Å². The quantitative estimate of drug-likeness (QED) is 0.855. The second kappa shape index (κ2) is 8.04. The van der Waals surface area contributed by atoms with E-state index in [-0.39, 0.29) is 11.9 Å². The number of hydrogen-bond acceptors (Lipinski definition) is 2. The third-order valence-electron chi connectivity index (χ3n) is 3.46. The highest BCUT2D eigenvalue weighted by molar-refractivity contribution is 7.99. The Morgan fingerprint density at radius 2 is 1.73 bits per heavy atom. The number of hydrogen-bond donors (Lipinski definition) is 1. The van der Waals surface area contributed by atoms with Crippen LogP contribution >= 0.6 is 11.8 Å². The van der Waals surface area contributed by atoms with Crippen molar-refractivity contribution in [1.82, 2.24) is 5.32 Å². The third kappa shape index (κ3) is 5.23. The van der Waals surface area contributed by atoms with Crippen LogP contribution in [0.3, 0.4) is 0 Å². The summed E-state index contributed by atoms with van der Waals surface area (Å²) in [5, 5.41) is 3.05. The molecule has 0 bridgehead atoms. The number of carbonyl (C=O) groups excluding carboxylic acids is 1. The zero-order chi connectivity index (χ0) is 15.9. The van der Waals surface area contributed by atoms with Gasteiger partial charge in [-0.25, -0.2) is 0 Å².